The number of nitrogens with zero attached hydrogens (tertiary/aromatic N) is 3. The predicted molar refractivity (Wildman–Crippen MR) is 107 cm³/mol. The van der Waals surface area contributed by atoms with E-state index in [9.17, 15) is 18.5 Å². The number of nitro groups is 1. The van der Waals surface area contributed by atoms with Gasteiger partial charge < -0.3 is 9.47 Å². The van der Waals surface area contributed by atoms with E-state index in [1.165, 1.54) is 12.1 Å². The van der Waals surface area contributed by atoms with Gasteiger partial charge in [0.15, 0.2) is 0 Å². The van der Waals surface area contributed by atoms with Crippen LogP contribution in [0.5, 0.6) is 0 Å². The van der Waals surface area contributed by atoms with Crippen LogP contribution >= 0.6 is 0 Å². The van der Waals surface area contributed by atoms with Crippen LogP contribution in [0.1, 0.15) is 13.8 Å². The van der Waals surface area contributed by atoms with Crippen molar-refractivity contribution in [3.8, 4) is 11.3 Å². The van der Waals surface area contributed by atoms with E-state index in [0.29, 0.717) is 22.9 Å². The normalized spacial score (nSPS) is 14.4. The zero-order valence-electron chi connectivity index (χ0n) is 15.8. The van der Waals surface area contributed by atoms with Crippen molar-refractivity contribution in [2.75, 3.05) is 19.6 Å². The molecule has 0 fully saturated rings. The van der Waals surface area contributed by atoms with Gasteiger partial charge in [-0.15, -0.1) is 0 Å². The van der Waals surface area contributed by atoms with Gasteiger partial charge in [0.1, 0.15) is 0 Å². The van der Waals surface area contributed by atoms with Gasteiger partial charge in [-0.2, -0.15) is 0 Å². The second kappa shape index (κ2) is 6.72. The standard InChI is InChI=1S/C20H21N3O4S/c1-3-21(4-2)11-12-22-13-15-16(23(24)25)9-10-18-19(15)20(22)14-7-5-6-8-17(14)28(18,26)27/h5-10,13H,3-4,11-12H2,1-2H3. The van der Waals surface area contributed by atoms with Crippen molar-refractivity contribution in [3.05, 3.63) is 52.7 Å². The van der Waals surface area contributed by atoms with Crippen molar-refractivity contribution in [1.82, 2.24) is 9.47 Å². The summed E-state index contributed by atoms with van der Waals surface area (Å²) in [5, 5.41) is 12.4. The van der Waals surface area contributed by atoms with Gasteiger partial charge in [-0.25, -0.2) is 8.42 Å². The highest BCUT2D eigenvalue weighted by Gasteiger charge is 2.35. The van der Waals surface area contributed by atoms with E-state index in [0.717, 1.165) is 25.3 Å². The lowest BCUT2D eigenvalue weighted by Crippen LogP contribution is -2.27. The van der Waals surface area contributed by atoms with Gasteiger partial charge in [0.25, 0.3) is 5.69 Å². The molecule has 0 amide bonds. The quantitative estimate of drug-likeness (QED) is 0.364. The second-order valence-electron chi connectivity index (χ2n) is 6.83. The Kier molecular flexibility index (Phi) is 4.47. The van der Waals surface area contributed by atoms with Gasteiger partial charge in [-0.05, 0) is 25.2 Å². The molecule has 0 saturated carbocycles. The maximum atomic E-state index is 13.1. The predicted octanol–water partition coefficient (Wildman–Crippen LogP) is 3.70. The zero-order valence-corrected chi connectivity index (χ0v) is 16.6. The smallest absolute Gasteiger partial charge is 0.278 e. The Bertz CT molecular complexity index is 1190. The van der Waals surface area contributed by atoms with Crippen LogP contribution in [0, 0.1) is 10.1 Å². The Labute approximate surface area is 163 Å². The summed E-state index contributed by atoms with van der Waals surface area (Å²) in [6.45, 7) is 7.39. The minimum atomic E-state index is -3.72. The van der Waals surface area contributed by atoms with E-state index >= 15 is 0 Å². The highest BCUT2D eigenvalue weighted by atomic mass is 32.2. The van der Waals surface area contributed by atoms with Crippen molar-refractivity contribution in [3.63, 3.8) is 0 Å². The lowest BCUT2D eigenvalue weighted by atomic mass is 10.1. The molecule has 0 radical (unpaired) electrons. The lowest BCUT2D eigenvalue weighted by molar-refractivity contribution is -0.383. The highest BCUT2D eigenvalue weighted by molar-refractivity contribution is 7.92. The van der Waals surface area contributed by atoms with Gasteiger partial charge >= 0.3 is 0 Å². The second-order valence-corrected chi connectivity index (χ2v) is 8.71. The number of hydrogen-bond acceptors (Lipinski definition) is 5. The lowest BCUT2D eigenvalue weighted by Gasteiger charge is -2.22. The van der Waals surface area contributed by atoms with Crippen LogP contribution < -0.4 is 0 Å². The van der Waals surface area contributed by atoms with Gasteiger partial charge in [0.2, 0.25) is 9.84 Å². The third-order valence-electron chi connectivity index (χ3n) is 5.46. The molecule has 3 aromatic rings. The number of likely N-dealkylation sites (N-methyl/N-ethyl adjacent to an activating group) is 1. The van der Waals surface area contributed by atoms with E-state index in [1.807, 2.05) is 4.57 Å². The summed E-state index contributed by atoms with van der Waals surface area (Å²) in [5.74, 6) is 0. The number of aromatic nitrogens is 1. The first-order valence-corrected chi connectivity index (χ1v) is 10.8. The number of fused-ring (bicyclic) bond motifs is 2. The molecule has 0 N–H and O–H groups in total. The molecule has 1 aromatic heterocycles. The van der Waals surface area contributed by atoms with Crippen LogP contribution in [-0.4, -0.2) is 42.4 Å². The Hall–Kier alpha value is -2.71. The van der Waals surface area contributed by atoms with Crippen molar-refractivity contribution in [2.45, 2.75) is 30.2 Å². The van der Waals surface area contributed by atoms with Gasteiger partial charge in [0.05, 0.1) is 25.8 Å². The molecule has 1 aliphatic rings. The molecule has 1 aliphatic heterocycles. The number of benzene rings is 2. The third kappa shape index (κ3) is 2.63. The molecule has 0 saturated heterocycles. The molecule has 8 heteroatoms. The molecular weight excluding hydrogens is 378 g/mol. The summed E-state index contributed by atoms with van der Waals surface area (Å²) < 4.78 is 28.3. The van der Waals surface area contributed by atoms with E-state index < -0.39 is 14.8 Å². The molecule has 0 aliphatic carbocycles. The highest BCUT2D eigenvalue weighted by Crippen LogP contribution is 2.47. The Morgan fingerprint density at radius 3 is 2.46 bits per heavy atom. The Morgan fingerprint density at radius 2 is 1.79 bits per heavy atom. The molecule has 7 nitrogen and oxygen atoms in total. The first kappa shape index (κ1) is 18.6. The average Bonchev–Trinajstić information content (AvgIpc) is 3.06. The Morgan fingerprint density at radius 1 is 1.07 bits per heavy atom. The third-order valence-corrected chi connectivity index (χ3v) is 7.32. The number of sulfone groups is 1. The SMILES string of the molecule is CCN(CC)CCn1cc2c([N+](=O)[O-])ccc3c2c1-c1ccccc1S3(=O)=O. The van der Waals surface area contributed by atoms with E-state index in [1.54, 1.807) is 30.5 Å². The average molecular weight is 399 g/mol. The monoisotopic (exact) mass is 399 g/mol. The molecule has 28 heavy (non-hydrogen) atoms. The van der Waals surface area contributed by atoms with Crippen molar-refractivity contribution in [2.24, 2.45) is 0 Å². The van der Waals surface area contributed by atoms with E-state index in [-0.39, 0.29) is 15.5 Å². The molecule has 0 bridgehead atoms. The van der Waals surface area contributed by atoms with Crippen LogP contribution in [0.4, 0.5) is 5.69 Å². The fraction of sp³-hybridized carbons (Fsp3) is 0.300. The van der Waals surface area contributed by atoms with Crippen molar-refractivity contribution >= 4 is 26.3 Å². The summed E-state index contributed by atoms with van der Waals surface area (Å²) >= 11 is 0. The van der Waals surface area contributed by atoms with Crippen LogP contribution in [0.2, 0.25) is 0 Å². The number of hydrogen-bond donors (Lipinski definition) is 0. The maximum Gasteiger partial charge on any atom is 0.278 e. The molecule has 2 heterocycles. The van der Waals surface area contributed by atoms with Gasteiger partial charge in [-0.1, -0.05) is 32.0 Å². The fourth-order valence-corrected chi connectivity index (χ4v) is 5.65. The van der Waals surface area contributed by atoms with Crippen molar-refractivity contribution in [1.29, 1.82) is 0 Å². The van der Waals surface area contributed by atoms with Crippen LogP contribution in [0.25, 0.3) is 22.0 Å². The topological polar surface area (TPSA) is 85.4 Å². The van der Waals surface area contributed by atoms with Crippen LogP contribution in [0.3, 0.4) is 0 Å². The van der Waals surface area contributed by atoms with Gasteiger partial charge in [0, 0.05) is 36.3 Å². The minimum absolute atomic E-state index is 0.0730. The van der Waals surface area contributed by atoms with Gasteiger partial charge in [-0.3, -0.25) is 10.1 Å². The molecule has 0 unspecified atom stereocenters. The Balaban J connectivity index is 2.03. The van der Waals surface area contributed by atoms with Crippen molar-refractivity contribution < 1.29 is 13.3 Å². The van der Waals surface area contributed by atoms with E-state index in [4.69, 9.17) is 0 Å². The summed E-state index contributed by atoms with van der Waals surface area (Å²) in [6, 6.07) is 9.53. The van der Waals surface area contributed by atoms with E-state index in [2.05, 4.69) is 18.7 Å². The fourth-order valence-electron chi connectivity index (χ4n) is 3.98. The molecule has 0 atom stereocenters. The molecule has 2 aromatic carbocycles. The minimum Gasteiger partial charge on any atom is -0.345 e. The number of non-ortho nitro benzene ring substituents is 1. The first-order valence-electron chi connectivity index (χ1n) is 9.27. The summed E-state index contributed by atoms with van der Waals surface area (Å²) in [5.41, 5.74) is 1.27. The maximum absolute atomic E-state index is 13.1. The largest absolute Gasteiger partial charge is 0.345 e. The molecule has 4 rings (SSSR count). The zero-order chi connectivity index (χ0) is 20.1. The molecular formula is C20H21N3O4S. The molecule has 0 spiro atoms. The number of nitro benzene ring substituents is 1. The summed E-state index contributed by atoms with van der Waals surface area (Å²) in [7, 11) is -3.72. The summed E-state index contributed by atoms with van der Waals surface area (Å²) in [4.78, 5) is 13.8. The summed E-state index contributed by atoms with van der Waals surface area (Å²) in [6.07, 6.45) is 1.73. The van der Waals surface area contributed by atoms with Crippen LogP contribution in [0.15, 0.2) is 52.4 Å². The first-order chi connectivity index (χ1) is 13.4. The van der Waals surface area contributed by atoms with Crippen LogP contribution in [-0.2, 0) is 16.4 Å². The number of rotatable bonds is 6. The molecule has 146 valence electrons.